The van der Waals surface area contributed by atoms with Gasteiger partial charge in [-0.15, -0.1) is 11.8 Å². The zero-order valence-electron chi connectivity index (χ0n) is 18.7. The Bertz CT molecular complexity index is 893. The van der Waals surface area contributed by atoms with Gasteiger partial charge in [-0.3, -0.25) is 9.59 Å². The maximum Gasteiger partial charge on any atom is 0.242 e. The Morgan fingerprint density at radius 2 is 1.81 bits per heavy atom. The number of nitrogens with zero attached hydrogens (tertiary/aromatic N) is 1. The van der Waals surface area contributed by atoms with Crippen molar-refractivity contribution in [2.75, 3.05) is 5.75 Å². The second-order valence-electron chi connectivity index (χ2n) is 8.62. The Balaban J connectivity index is 2.13. The molecule has 31 heavy (non-hydrogen) atoms. The van der Waals surface area contributed by atoms with E-state index in [-0.39, 0.29) is 29.1 Å². The van der Waals surface area contributed by atoms with Gasteiger partial charge in [0.05, 0.1) is 5.75 Å². The summed E-state index contributed by atoms with van der Waals surface area (Å²) in [5.41, 5.74) is 2.04. The fraction of sp³-hybridized carbons (Fsp3) is 0.417. The molecule has 0 heterocycles. The van der Waals surface area contributed by atoms with Gasteiger partial charge in [-0.2, -0.15) is 0 Å². The van der Waals surface area contributed by atoms with E-state index < -0.39 is 11.6 Å². The van der Waals surface area contributed by atoms with Crippen LogP contribution in [0, 0.1) is 12.7 Å². The number of carbonyl (C=O) groups is 2. The Morgan fingerprint density at radius 1 is 1.16 bits per heavy atom. The maximum atomic E-state index is 14.0. The molecule has 2 aromatic carbocycles. The van der Waals surface area contributed by atoms with Crippen molar-refractivity contribution in [3.05, 3.63) is 70.0 Å². The van der Waals surface area contributed by atoms with Crippen LogP contribution in [0.4, 0.5) is 4.39 Å². The molecule has 0 spiro atoms. The second kappa shape index (κ2) is 11.0. The summed E-state index contributed by atoms with van der Waals surface area (Å²) >= 11 is 7.36. The summed E-state index contributed by atoms with van der Waals surface area (Å²) in [5, 5.41) is 3.28. The van der Waals surface area contributed by atoms with Gasteiger partial charge in [0.15, 0.2) is 0 Å². The molecule has 0 aromatic heterocycles. The molecule has 0 fully saturated rings. The van der Waals surface area contributed by atoms with Gasteiger partial charge in [-0.05, 0) is 52.3 Å². The predicted molar refractivity (Wildman–Crippen MR) is 127 cm³/mol. The molecule has 168 valence electrons. The first-order valence-electron chi connectivity index (χ1n) is 10.2. The summed E-state index contributed by atoms with van der Waals surface area (Å²) in [7, 11) is 0. The molecule has 0 aliphatic rings. The summed E-state index contributed by atoms with van der Waals surface area (Å²) in [5.74, 6) is -0.395. The van der Waals surface area contributed by atoms with Crippen LogP contribution in [-0.4, -0.2) is 34.0 Å². The van der Waals surface area contributed by atoms with E-state index in [1.807, 2.05) is 52.0 Å². The van der Waals surface area contributed by atoms with Crippen LogP contribution in [0.15, 0.2) is 42.5 Å². The number of hydrogen-bond acceptors (Lipinski definition) is 3. The average Bonchev–Trinajstić information content (AvgIpc) is 2.67. The van der Waals surface area contributed by atoms with Gasteiger partial charge < -0.3 is 10.2 Å². The summed E-state index contributed by atoms with van der Waals surface area (Å²) < 4.78 is 14.0. The average molecular weight is 465 g/mol. The smallest absolute Gasteiger partial charge is 0.242 e. The molecule has 0 saturated carbocycles. The van der Waals surface area contributed by atoms with Crippen LogP contribution in [0.3, 0.4) is 0 Å². The largest absolute Gasteiger partial charge is 0.350 e. The van der Waals surface area contributed by atoms with E-state index in [9.17, 15) is 14.0 Å². The van der Waals surface area contributed by atoms with Gasteiger partial charge in [0.2, 0.25) is 11.8 Å². The number of halogens is 2. The highest BCUT2D eigenvalue weighted by Crippen LogP contribution is 2.24. The van der Waals surface area contributed by atoms with Crippen molar-refractivity contribution in [3.8, 4) is 0 Å². The third-order valence-corrected chi connectivity index (χ3v) is 5.97. The number of amides is 2. The van der Waals surface area contributed by atoms with E-state index in [1.165, 1.54) is 17.8 Å². The van der Waals surface area contributed by atoms with Gasteiger partial charge in [-0.25, -0.2) is 4.39 Å². The van der Waals surface area contributed by atoms with E-state index in [4.69, 9.17) is 11.6 Å². The minimum atomic E-state index is -0.648. The topological polar surface area (TPSA) is 49.4 Å². The van der Waals surface area contributed by atoms with Crippen molar-refractivity contribution < 1.29 is 14.0 Å². The highest BCUT2D eigenvalue weighted by Gasteiger charge is 2.28. The molecule has 7 heteroatoms. The second-order valence-corrected chi connectivity index (χ2v) is 10.0. The Hall–Kier alpha value is -2.05. The zero-order chi connectivity index (χ0) is 23.2. The first-order chi connectivity index (χ1) is 14.5. The van der Waals surface area contributed by atoms with Gasteiger partial charge in [0.25, 0.3) is 0 Å². The molecule has 0 aliphatic carbocycles. The fourth-order valence-corrected chi connectivity index (χ4v) is 4.19. The van der Waals surface area contributed by atoms with Crippen LogP contribution in [-0.2, 0) is 21.9 Å². The van der Waals surface area contributed by atoms with Gasteiger partial charge in [0, 0.05) is 28.4 Å². The molecule has 4 nitrogen and oxygen atoms in total. The summed E-state index contributed by atoms with van der Waals surface area (Å²) in [6.07, 6.45) is 0. The number of benzene rings is 2. The lowest BCUT2D eigenvalue weighted by atomic mass is 10.1. The molecule has 1 atom stereocenters. The van der Waals surface area contributed by atoms with E-state index in [0.717, 1.165) is 11.1 Å². The van der Waals surface area contributed by atoms with Crippen LogP contribution < -0.4 is 5.32 Å². The number of aryl methyl sites for hydroxylation is 1. The first kappa shape index (κ1) is 25.2. The molecular formula is C24H30ClFN2O2S. The number of rotatable bonds is 8. The van der Waals surface area contributed by atoms with Gasteiger partial charge in [-0.1, -0.05) is 47.5 Å². The molecule has 0 aliphatic heterocycles. The summed E-state index contributed by atoms with van der Waals surface area (Å²) in [6.45, 7) is 9.74. The standard InChI is InChI=1S/C24H30ClFN2O2S/c1-16-9-11-18(12-10-16)13-28(17(2)23(30)27-24(3,4)5)22(29)15-31-14-19-20(25)7-6-8-21(19)26/h6-12,17H,13-15H2,1-5H3,(H,27,30)/t17-/m0/s1. The number of hydrogen-bond donors (Lipinski definition) is 1. The van der Waals surface area contributed by atoms with Crippen molar-refractivity contribution in [2.45, 2.75) is 58.5 Å². The zero-order valence-corrected chi connectivity index (χ0v) is 20.2. The molecule has 2 aromatic rings. The minimum absolute atomic E-state index is 0.115. The lowest BCUT2D eigenvalue weighted by Crippen LogP contribution is -2.52. The molecule has 0 unspecified atom stereocenters. The van der Waals surface area contributed by atoms with E-state index in [1.54, 1.807) is 24.0 Å². The fourth-order valence-electron chi connectivity index (χ4n) is 2.94. The lowest BCUT2D eigenvalue weighted by molar-refractivity contribution is -0.139. The maximum absolute atomic E-state index is 14.0. The monoisotopic (exact) mass is 464 g/mol. The van der Waals surface area contributed by atoms with Crippen molar-refractivity contribution in [2.24, 2.45) is 0 Å². The summed E-state index contributed by atoms with van der Waals surface area (Å²) in [6, 6.07) is 11.8. The van der Waals surface area contributed by atoms with Crippen LogP contribution in [0.2, 0.25) is 5.02 Å². The predicted octanol–water partition coefficient (Wildman–Crippen LogP) is 5.35. The Kier molecular flexibility index (Phi) is 8.95. The first-order valence-corrected chi connectivity index (χ1v) is 11.7. The molecule has 1 N–H and O–H groups in total. The third kappa shape index (κ3) is 7.86. The molecule has 2 amide bonds. The molecule has 0 bridgehead atoms. The minimum Gasteiger partial charge on any atom is -0.350 e. The number of carbonyl (C=O) groups excluding carboxylic acids is 2. The van der Waals surface area contributed by atoms with Gasteiger partial charge in [0.1, 0.15) is 11.9 Å². The van der Waals surface area contributed by atoms with Crippen LogP contribution in [0.25, 0.3) is 0 Å². The summed E-state index contributed by atoms with van der Waals surface area (Å²) in [4.78, 5) is 27.4. The van der Waals surface area contributed by atoms with E-state index >= 15 is 0 Å². The quantitative estimate of drug-likeness (QED) is 0.572. The lowest BCUT2D eigenvalue weighted by Gasteiger charge is -2.31. The number of thioether (sulfide) groups is 1. The van der Waals surface area contributed by atoms with Crippen molar-refractivity contribution in [1.82, 2.24) is 10.2 Å². The third-order valence-electron chi connectivity index (χ3n) is 4.67. The molecule has 2 rings (SSSR count). The molecular weight excluding hydrogens is 435 g/mol. The highest BCUT2D eigenvalue weighted by atomic mass is 35.5. The Morgan fingerprint density at radius 3 is 2.39 bits per heavy atom. The van der Waals surface area contributed by atoms with Crippen LogP contribution in [0.5, 0.6) is 0 Å². The van der Waals surface area contributed by atoms with E-state index in [2.05, 4.69) is 5.32 Å². The SMILES string of the molecule is Cc1ccc(CN(C(=O)CSCc2c(F)cccc2Cl)[C@@H](C)C(=O)NC(C)(C)C)cc1. The van der Waals surface area contributed by atoms with Crippen molar-refractivity contribution in [3.63, 3.8) is 0 Å². The Labute approximate surface area is 193 Å². The van der Waals surface area contributed by atoms with Crippen molar-refractivity contribution >= 4 is 35.2 Å². The van der Waals surface area contributed by atoms with Gasteiger partial charge >= 0.3 is 0 Å². The van der Waals surface area contributed by atoms with Crippen LogP contribution >= 0.6 is 23.4 Å². The normalized spacial score (nSPS) is 12.4. The number of nitrogens with one attached hydrogen (secondary N) is 1. The van der Waals surface area contributed by atoms with E-state index in [0.29, 0.717) is 17.1 Å². The highest BCUT2D eigenvalue weighted by molar-refractivity contribution is 7.99. The van der Waals surface area contributed by atoms with Crippen LogP contribution in [0.1, 0.15) is 44.4 Å². The van der Waals surface area contributed by atoms with Crippen molar-refractivity contribution in [1.29, 1.82) is 0 Å². The molecule has 0 radical (unpaired) electrons. The molecule has 0 saturated heterocycles.